The minimum absolute atomic E-state index is 0.125. The van der Waals surface area contributed by atoms with Gasteiger partial charge in [0.05, 0.1) is 11.0 Å². The highest BCUT2D eigenvalue weighted by molar-refractivity contribution is 7.91. The lowest BCUT2D eigenvalue weighted by Crippen LogP contribution is -2.19. The SMILES string of the molecule is CC(CCC(=O)Cc1ccc2oc(=O)ccc2c1)CCS(=O)(=O)C(C)C. The van der Waals surface area contributed by atoms with Gasteiger partial charge in [-0.25, -0.2) is 13.2 Å². The van der Waals surface area contributed by atoms with Crippen LogP contribution in [0.15, 0.2) is 39.5 Å². The Balaban J connectivity index is 1.85. The van der Waals surface area contributed by atoms with Crippen LogP contribution < -0.4 is 5.63 Å². The summed E-state index contributed by atoms with van der Waals surface area (Å²) in [4.78, 5) is 23.4. The molecule has 1 aromatic carbocycles. The minimum Gasteiger partial charge on any atom is -0.423 e. The number of carbonyl (C=O) groups is 1. The first-order chi connectivity index (χ1) is 12.2. The fourth-order valence-electron chi connectivity index (χ4n) is 2.70. The normalized spacial score (nSPS) is 13.2. The Hall–Kier alpha value is -1.95. The summed E-state index contributed by atoms with van der Waals surface area (Å²) in [7, 11) is -3.02. The summed E-state index contributed by atoms with van der Waals surface area (Å²) < 4.78 is 28.8. The van der Waals surface area contributed by atoms with Crippen molar-refractivity contribution in [1.29, 1.82) is 0 Å². The number of fused-ring (bicyclic) bond motifs is 1. The summed E-state index contributed by atoms with van der Waals surface area (Å²) in [5.41, 5.74) is 0.995. The van der Waals surface area contributed by atoms with E-state index in [9.17, 15) is 18.0 Å². The molecule has 6 heteroatoms. The molecule has 2 aromatic rings. The predicted molar refractivity (Wildman–Crippen MR) is 103 cm³/mol. The summed E-state index contributed by atoms with van der Waals surface area (Å²) >= 11 is 0. The van der Waals surface area contributed by atoms with Crippen molar-refractivity contribution < 1.29 is 17.6 Å². The van der Waals surface area contributed by atoms with Crippen LogP contribution in [0.25, 0.3) is 11.0 Å². The first-order valence-electron chi connectivity index (χ1n) is 8.93. The number of ketones is 1. The highest BCUT2D eigenvalue weighted by Gasteiger charge is 2.17. The van der Waals surface area contributed by atoms with Gasteiger partial charge >= 0.3 is 5.63 Å². The molecule has 0 amide bonds. The number of Topliss-reactive ketones (excluding diaryl/α,β-unsaturated/α-hetero) is 1. The van der Waals surface area contributed by atoms with Crippen LogP contribution in [0.5, 0.6) is 0 Å². The Bertz CT molecular complexity index is 925. The Morgan fingerprint density at radius 1 is 1.08 bits per heavy atom. The van der Waals surface area contributed by atoms with E-state index in [0.717, 1.165) is 10.9 Å². The summed E-state index contributed by atoms with van der Waals surface area (Å²) in [6, 6.07) is 8.41. The second-order valence-corrected chi connectivity index (χ2v) is 9.87. The molecular formula is C20H26O5S. The molecule has 142 valence electrons. The predicted octanol–water partition coefficient (Wildman–Crippen LogP) is 3.53. The number of benzene rings is 1. The van der Waals surface area contributed by atoms with E-state index in [-0.39, 0.29) is 22.7 Å². The third kappa shape index (κ3) is 5.80. The molecule has 0 bridgehead atoms. The van der Waals surface area contributed by atoms with Crippen molar-refractivity contribution >= 4 is 26.6 Å². The zero-order valence-electron chi connectivity index (χ0n) is 15.5. The van der Waals surface area contributed by atoms with Crippen LogP contribution in [0.3, 0.4) is 0 Å². The van der Waals surface area contributed by atoms with Crippen LogP contribution in [-0.2, 0) is 21.1 Å². The maximum atomic E-state index is 12.2. The Morgan fingerprint density at radius 2 is 1.81 bits per heavy atom. The zero-order valence-corrected chi connectivity index (χ0v) is 16.3. The van der Waals surface area contributed by atoms with Crippen molar-refractivity contribution in [2.24, 2.45) is 5.92 Å². The zero-order chi connectivity index (χ0) is 19.3. The van der Waals surface area contributed by atoms with Crippen LogP contribution in [0, 0.1) is 5.92 Å². The van der Waals surface area contributed by atoms with Gasteiger partial charge in [0.2, 0.25) is 0 Å². The minimum atomic E-state index is -3.02. The van der Waals surface area contributed by atoms with Gasteiger partial charge in [-0.1, -0.05) is 13.0 Å². The third-order valence-electron chi connectivity index (χ3n) is 4.61. The Kier molecular flexibility index (Phi) is 6.75. The van der Waals surface area contributed by atoms with Gasteiger partial charge in [-0.3, -0.25) is 4.79 Å². The van der Waals surface area contributed by atoms with Gasteiger partial charge in [-0.2, -0.15) is 0 Å². The highest BCUT2D eigenvalue weighted by Crippen LogP contribution is 2.17. The van der Waals surface area contributed by atoms with Crippen molar-refractivity contribution in [3.05, 3.63) is 46.3 Å². The van der Waals surface area contributed by atoms with Gasteiger partial charge < -0.3 is 4.42 Å². The molecule has 1 heterocycles. The fraction of sp³-hybridized carbons (Fsp3) is 0.500. The summed E-state index contributed by atoms with van der Waals surface area (Å²) in [6.07, 6.45) is 2.04. The average Bonchev–Trinajstić information content (AvgIpc) is 2.58. The topological polar surface area (TPSA) is 81.4 Å². The van der Waals surface area contributed by atoms with Crippen molar-refractivity contribution in [1.82, 2.24) is 0 Å². The molecular weight excluding hydrogens is 352 g/mol. The molecule has 0 aliphatic carbocycles. The van der Waals surface area contributed by atoms with Gasteiger partial charge in [0.1, 0.15) is 11.4 Å². The van der Waals surface area contributed by atoms with Gasteiger partial charge in [0, 0.05) is 24.3 Å². The molecule has 0 aliphatic heterocycles. The second kappa shape index (κ2) is 8.62. The van der Waals surface area contributed by atoms with E-state index in [0.29, 0.717) is 31.3 Å². The maximum Gasteiger partial charge on any atom is 0.336 e. The largest absolute Gasteiger partial charge is 0.423 e. The summed E-state index contributed by atoms with van der Waals surface area (Å²) in [5, 5.41) is 0.441. The van der Waals surface area contributed by atoms with Crippen LogP contribution in [0.4, 0.5) is 0 Å². The number of rotatable bonds is 9. The Labute approximate surface area is 154 Å². The van der Waals surface area contributed by atoms with Gasteiger partial charge in [0.25, 0.3) is 0 Å². The molecule has 1 unspecified atom stereocenters. The molecule has 1 aromatic heterocycles. The van der Waals surface area contributed by atoms with Crippen molar-refractivity contribution in [3.8, 4) is 0 Å². The summed E-state index contributed by atoms with van der Waals surface area (Å²) in [5.74, 6) is 0.495. The molecule has 0 saturated carbocycles. The van der Waals surface area contributed by atoms with E-state index in [1.54, 1.807) is 32.0 Å². The van der Waals surface area contributed by atoms with Crippen molar-refractivity contribution in [2.75, 3.05) is 5.75 Å². The molecule has 0 N–H and O–H groups in total. The average molecular weight is 378 g/mol. The van der Waals surface area contributed by atoms with Crippen molar-refractivity contribution in [2.45, 2.75) is 51.7 Å². The summed E-state index contributed by atoms with van der Waals surface area (Å²) in [6.45, 7) is 5.37. The van der Waals surface area contributed by atoms with Gasteiger partial charge in [0.15, 0.2) is 9.84 Å². The van der Waals surface area contributed by atoms with Gasteiger partial charge in [-0.15, -0.1) is 0 Å². The van der Waals surface area contributed by atoms with Crippen LogP contribution in [0.1, 0.15) is 45.6 Å². The lowest BCUT2D eigenvalue weighted by Gasteiger charge is -2.13. The monoisotopic (exact) mass is 378 g/mol. The maximum absolute atomic E-state index is 12.2. The molecule has 0 aliphatic rings. The number of hydrogen-bond acceptors (Lipinski definition) is 5. The molecule has 0 saturated heterocycles. The van der Waals surface area contributed by atoms with E-state index in [4.69, 9.17) is 4.42 Å². The highest BCUT2D eigenvalue weighted by atomic mass is 32.2. The molecule has 1 atom stereocenters. The second-order valence-electron chi connectivity index (χ2n) is 7.19. The van der Waals surface area contributed by atoms with Crippen LogP contribution in [-0.4, -0.2) is 25.2 Å². The lowest BCUT2D eigenvalue weighted by molar-refractivity contribution is -0.118. The molecule has 0 radical (unpaired) electrons. The van der Waals surface area contributed by atoms with E-state index in [1.165, 1.54) is 6.07 Å². The van der Waals surface area contributed by atoms with Crippen LogP contribution in [0.2, 0.25) is 0 Å². The van der Waals surface area contributed by atoms with E-state index < -0.39 is 15.5 Å². The first kappa shape index (κ1) is 20.4. The number of carbonyl (C=O) groups excluding carboxylic acids is 1. The fourth-order valence-corrected chi connectivity index (χ4v) is 3.90. The quantitative estimate of drug-likeness (QED) is 0.624. The number of hydrogen-bond donors (Lipinski definition) is 0. The number of sulfone groups is 1. The molecule has 0 fully saturated rings. The van der Waals surface area contributed by atoms with E-state index in [1.807, 2.05) is 13.0 Å². The van der Waals surface area contributed by atoms with Crippen molar-refractivity contribution in [3.63, 3.8) is 0 Å². The molecule has 5 nitrogen and oxygen atoms in total. The molecule has 0 spiro atoms. The molecule has 26 heavy (non-hydrogen) atoms. The standard InChI is InChI=1S/C20H26O5S/c1-14(2)26(23,24)11-10-15(3)4-7-18(21)13-16-5-8-19-17(12-16)6-9-20(22)25-19/h5-6,8-9,12,14-15H,4,7,10-11,13H2,1-3H3. The Morgan fingerprint density at radius 3 is 2.50 bits per heavy atom. The van der Waals surface area contributed by atoms with E-state index >= 15 is 0 Å². The van der Waals surface area contributed by atoms with Gasteiger partial charge in [-0.05, 0) is 56.4 Å². The first-order valence-corrected chi connectivity index (χ1v) is 10.6. The third-order valence-corrected chi connectivity index (χ3v) is 6.86. The van der Waals surface area contributed by atoms with Crippen LogP contribution >= 0.6 is 0 Å². The molecule has 2 rings (SSSR count). The lowest BCUT2D eigenvalue weighted by atomic mass is 9.98. The van der Waals surface area contributed by atoms with E-state index in [2.05, 4.69) is 0 Å². The smallest absolute Gasteiger partial charge is 0.336 e.